The first-order valence-corrected chi connectivity index (χ1v) is 6.87. The molecule has 0 bridgehead atoms. The van der Waals surface area contributed by atoms with Gasteiger partial charge in [0, 0.05) is 6.42 Å². The molecule has 1 aliphatic heterocycles. The van der Waals surface area contributed by atoms with E-state index in [4.69, 9.17) is 0 Å². The molecular weight excluding hydrogens is 230 g/mol. The van der Waals surface area contributed by atoms with Crippen molar-refractivity contribution in [2.24, 2.45) is 5.41 Å². The van der Waals surface area contributed by atoms with Crippen molar-refractivity contribution in [1.29, 1.82) is 0 Å². The van der Waals surface area contributed by atoms with Crippen molar-refractivity contribution in [1.82, 2.24) is 4.90 Å². The highest BCUT2D eigenvalue weighted by atomic mass is 16.3. The Balaban J connectivity index is 2.30. The maximum Gasteiger partial charge on any atom is 0.236 e. The summed E-state index contributed by atoms with van der Waals surface area (Å²) in [7, 11) is 0. The Morgan fingerprint density at radius 1 is 1.22 bits per heavy atom. The fraction of sp³-hybridized carbons (Fsp3) is 0.857. The van der Waals surface area contributed by atoms with Gasteiger partial charge in [0.05, 0.1) is 17.1 Å². The Hall–Kier alpha value is -0.900. The molecule has 2 amide bonds. The van der Waals surface area contributed by atoms with Crippen molar-refractivity contribution >= 4 is 11.8 Å². The van der Waals surface area contributed by atoms with Crippen LogP contribution in [0.25, 0.3) is 0 Å². The Kier molecular flexibility index (Phi) is 3.26. The first-order chi connectivity index (χ1) is 8.31. The van der Waals surface area contributed by atoms with Crippen LogP contribution in [0.4, 0.5) is 0 Å². The van der Waals surface area contributed by atoms with Gasteiger partial charge in [0.2, 0.25) is 11.8 Å². The Labute approximate surface area is 108 Å². The summed E-state index contributed by atoms with van der Waals surface area (Å²) in [5, 5.41) is 9.82. The average molecular weight is 253 g/mol. The van der Waals surface area contributed by atoms with E-state index >= 15 is 0 Å². The molecule has 2 rings (SSSR count). The lowest BCUT2D eigenvalue weighted by Gasteiger charge is -2.38. The smallest absolute Gasteiger partial charge is 0.236 e. The maximum atomic E-state index is 12.6. The van der Waals surface area contributed by atoms with Gasteiger partial charge in [-0.25, -0.2) is 0 Å². The number of likely N-dealkylation sites (tertiary alicyclic amines) is 1. The van der Waals surface area contributed by atoms with Crippen LogP contribution in [0.5, 0.6) is 0 Å². The second kappa shape index (κ2) is 4.34. The molecule has 1 spiro atoms. The summed E-state index contributed by atoms with van der Waals surface area (Å²) in [4.78, 5) is 26.2. The molecular formula is C14H23NO3. The topological polar surface area (TPSA) is 57.6 Å². The molecule has 1 unspecified atom stereocenters. The molecule has 1 N–H and O–H groups in total. The Morgan fingerprint density at radius 3 is 2.28 bits per heavy atom. The lowest BCUT2D eigenvalue weighted by atomic mass is 9.73. The van der Waals surface area contributed by atoms with Gasteiger partial charge < -0.3 is 5.11 Å². The zero-order chi connectivity index (χ0) is 13.6. The van der Waals surface area contributed by atoms with E-state index in [1.807, 2.05) is 0 Å². The van der Waals surface area contributed by atoms with Gasteiger partial charge in [-0.15, -0.1) is 0 Å². The van der Waals surface area contributed by atoms with Crippen LogP contribution in [0.15, 0.2) is 0 Å². The zero-order valence-electron chi connectivity index (χ0n) is 11.5. The molecule has 0 aromatic carbocycles. The molecule has 1 heterocycles. The van der Waals surface area contributed by atoms with E-state index in [2.05, 4.69) is 0 Å². The molecule has 0 radical (unpaired) electrons. The number of imide groups is 1. The number of hydrogen-bond donors (Lipinski definition) is 1. The van der Waals surface area contributed by atoms with Crippen molar-refractivity contribution in [3.8, 4) is 0 Å². The third-order valence-corrected chi connectivity index (χ3v) is 4.81. The van der Waals surface area contributed by atoms with Crippen molar-refractivity contribution in [2.75, 3.05) is 0 Å². The zero-order valence-corrected chi connectivity index (χ0v) is 11.5. The minimum absolute atomic E-state index is 0.0573. The highest BCUT2D eigenvalue weighted by Gasteiger charge is 2.56. The molecule has 18 heavy (non-hydrogen) atoms. The summed E-state index contributed by atoms with van der Waals surface area (Å²) in [5.41, 5.74) is -1.27. The second-order valence-electron chi connectivity index (χ2n) is 6.38. The number of rotatable bonds is 2. The van der Waals surface area contributed by atoms with E-state index in [1.165, 1.54) is 4.90 Å². The number of aliphatic hydroxyl groups excluding tert-OH is 1. The highest BCUT2D eigenvalue weighted by Crippen LogP contribution is 2.47. The molecule has 0 aromatic rings. The van der Waals surface area contributed by atoms with Crippen LogP contribution < -0.4 is 0 Å². The lowest BCUT2D eigenvalue weighted by Crippen LogP contribution is -2.55. The Bertz CT molecular complexity index is 367. The largest absolute Gasteiger partial charge is 0.391 e. The van der Waals surface area contributed by atoms with Gasteiger partial charge in [-0.1, -0.05) is 19.3 Å². The summed E-state index contributed by atoms with van der Waals surface area (Å²) in [6.45, 7) is 5.15. The maximum absolute atomic E-state index is 12.6. The van der Waals surface area contributed by atoms with Crippen LogP contribution in [0, 0.1) is 5.41 Å². The highest BCUT2D eigenvalue weighted by molar-refractivity contribution is 6.06. The summed E-state index contributed by atoms with van der Waals surface area (Å²) in [6.07, 6.45) is 4.48. The van der Waals surface area contributed by atoms with Gasteiger partial charge in [0.1, 0.15) is 0 Å². The van der Waals surface area contributed by atoms with E-state index in [1.54, 1.807) is 20.8 Å². The van der Waals surface area contributed by atoms with Crippen molar-refractivity contribution in [3.63, 3.8) is 0 Å². The lowest BCUT2D eigenvalue weighted by molar-refractivity contribution is -0.152. The first-order valence-electron chi connectivity index (χ1n) is 6.87. The molecule has 0 aromatic heterocycles. The monoisotopic (exact) mass is 253 g/mol. The van der Waals surface area contributed by atoms with Gasteiger partial charge in [-0.2, -0.15) is 0 Å². The summed E-state index contributed by atoms with van der Waals surface area (Å²) in [5.74, 6) is -0.175. The summed E-state index contributed by atoms with van der Waals surface area (Å²) in [6, 6.07) is 0. The molecule has 1 atom stereocenters. The third-order valence-electron chi connectivity index (χ3n) is 4.81. The van der Waals surface area contributed by atoms with Crippen molar-refractivity contribution in [3.05, 3.63) is 0 Å². The quantitative estimate of drug-likeness (QED) is 0.764. The van der Waals surface area contributed by atoms with Gasteiger partial charge >= 0.3 is 0 Å². The fourth-order valence-electron chi connectivity index (χ4n) is 3.18. The van der Waals surface area contributed by atoms with Crippen LogP contribution >= 0.6 is 0 Å². The molecule has 1 saturated heterocycles. The van der Waals surface area contributed by atoms with E-state index in [-0.39, 0.29) is 11.8 Å². The normalized spacial score (nSPS) is 25.9. The number of carbonyl (C=O) groups excluding carboxylic acids is 2. The van der Waals surface area contributed by atoms with E-state index < -0.39 is 17.1 Å². The number of carbonyl (C=O) groups is 2. The molecule has 4 nitrogen and oxygen atoms in total. The van der Waals surface area contributed by atoms with Gasteiger partial charge in [-0.3, -0.25) is 14.5 Å². The van der Waals surface area contributed by atoms with E-state index in [0.29, 0.717) is 6.42 Å². The third kappa shape index (κ3) is 1.87. The molecule has 4 heteroatoms. The van der Waals surface area contributed by atoms with Gasteiger partial charge in [-0.05, 0) is 33.6 Å². The fourth-order valence-corrected chi connectivity index (χ4v) is 3.18. The molecule has 102 valence electrons. The number of nitrogens with zero attached hydrogens (tertiary/aromatic N) is 1. The van der Waals surface area contributed by atoms with Crippen LogP contribution in [-0.4, -0.2) is 33.5 Å². The average Bonchev–Trinajstić information content (AvgIpc) is 2.51. The van der Waals surface area contributed by atoms with Gasteiger partial charge in [0.15, 0.2) is 0 Å². The van der Waals surface area contributed by atoms with Crippen LogP contribution in [0.2, 0.25) is 0 Å². The van der Waals surface area contributed by atoms with Gasteiger partial charge in [0.25, 0.3) is 0 Å². The van der Waals surface area contributed by atoms with Crippen molar-refractivity contribution in [2.45, 2.75) is 70.9 Å². The molecule has 1 aliphatic carbocycles. The second-order valence-corrected chi connectivity index (χ2v) is 6.38. The Morgan fingerprint density at radius 2 is 1.78 bits per heavy atom. The first kappa shape index (κ1) is 13.5. The minimum Gasteiger partial charge on any atom is -0.391 e. The number of aliphatic hydroxyl groups is 1. The summed E-state index contributed by atoms with van der Waals surface area (Å²) < 4.78 is 0. The summed E-state index contributed by atoms with van der Waals surface area (Å²) >= 11 is 0. The predicted octanol–water partition coefficient (Wildman–Crippen LogP) is 1.86. The SMILES string of the molecule is CC(O)C(C)(C)N1C(=O)CC2(CCCCC2)C1=O. The number of amides is 2. The predicted molar refractivity (Wildman–Crippen MR) is 67.7 cm³/mol. The molecule has 2 fully saturated rings. The molecule has 2 aliphatic rings. The van der Waals surface area contributed by atoms with Crippen LogP contribution in [0.3, 0.4) is 0 Å². The molecule has 1 saturated carbocycles. The van der Waals surface area contributed by atoms with Crippen molar-refractivity contribution < 1.29 is 14.7 Å². The van der Waals surface area contributed by atoms with Crippen LogP contribution in [0.1, 0.15) is 59.3 Å². The van der Waals surface area contributed by atoms with E-state index in [9.17, 15) is 14.7 Å². The van der Waals surface area contributed by atoms with E-state index in [0.717, 1.165) is 32.1 Å². The number of hydrogen-bond acceptors (Lipinski definition) is 3. The van der Waals surface area contributed by atoms with Crippen LogP contribution in [-0.2, 0) is 9.59 Å². The standard InChI is InChI=1S/C14H23NO3/c1-10(16)13(2,3)15-11(17)9-14(12(15)18)7-5-4-6-8-14/h10,16H,4-9H2,1-3H3. The minimum atomic E-state index is -0.810.